The predicted molar refractivity (Wildman–Crippen MR) is 144 cm³/mol. The van der Waals surface area contributed by atoms with E-state index in [-0.39, 0.29) is 17.9 Å². The zero-order chi connectivity index (χ0) is 26.9. The second kappa shape index (κ2) is 10.7. The normalized spacial score (nSPS) is 14.6. The number of halogens is 2. The van der Waals surface area contributed by atoms with Crippen LogP contribution in [0.15, 0.2) is 69.1 Å². The van der Waals surface area contributed by atoms with Crippen LogP contribution >= 0.6 is 31.9 Å². The topological polar surface area (TPSA) is 119 Å². The Bertz CT molecular complexity index is 1480. The van der Waals surface area contributed by atoms with Crippen LogP contribution in [-0.4, -0.2) is 22.8 Å². The highest BCUT2D eigenvalue weighted by Crippen LogP contribution is 2.36. The summed E-state index contributed by atoms with van der Waals surface area (Å²) in [6.45, 7) is 3.86. The first kappa shape index (κ1) is 26.2. The maximum Gasteiger partial charge on any atom is 0.335 e. The molecule has 1 aliphatic rings. The third-order valence-corrected chi connectivity index (χ3v) is 6.86. The van der Waals surface area contributed by atoms with Crippen molar-refractivity contribution >= 4 is 67.2 Å². The molecular formula is C26H19Br2N3O6. The van der Waals surface area contributed by atoms with Crippen LogP contribution in [0.5, 0.6) is 5.75 Å². The van der Waals surface area contributed by atoms with Gasteiger partial charge in [0.15, 0.2) is 0 Å². The number of aryl methyl sites for hydroxylation is 2. The first-order chi connectivity index (χ1) is 17.5. The van der Waals surface area contributed by atoms with Crippen LogP contribution < -0.4 is 15.0 Å². The third-order valence-electron chi connectivity index (χ3n) is 5.69. The van der Waals surface area contributed by atoms with E-state index >= 15 is 0 Å². The lowest BCUT2D eigenvalue weighted by Gasteiger charge is -2.27. The highest BCUT2D eigenvalue weighted by atomic mass is 79.9. The average molecular weight is 629 g/mol. The molecule has 0 atom stereocenters. The molecule has 37 heavy (non-hydrogen) atoms. The Morgan fingerprint density at radius 3 is 2.35 bits per heavy atom. The summed E-state index contributed by atoms with van der Waals surface area (Å²) in [6.07, 6.45) is 1.39. The SMILES string of the molecule is Cc1ccc(N2C(=O)NC(=O)/C(=C\c3cc(Br)c(OCc4cccc([N+](=O)[O-])c4)c(Br)c3)C2=O)cc1C. The summed E-state index contributed by atoms with van der Waals surface area (Å²) >= 11 is 6.87. The summed E-state index contributed by atoms with van der Waals surface area (Å²) in [5.41, 5.74) is 3.12. The maximum atomic E-state index is 13.2. The highest BCUT2D eigenvalue weighted by Gasteiger charge is 2.37. The van der Waals surface area contributed by atoms with Crippen molar-refractivity contribution in [2.45, 2.75) is 20.5 Å². The van der Waals surface area contributed by atoms with E-state index in [4.69, 9.17) is 4.74 Å². The number of carbonyl (C=O) groups is 3. The molecule has 188 valence electrons. The standard InChI is InChI=1S/C26H19Br2N3O6/c1-14-6-7-18(8-15(14)2)30-25(33)20(24(32)29-26(30)34)10-17-11-21(27)23(22(28)12-17)37-13-16-4-3-5-19(9-16)31(35)36/h3-12H,13H2,1-2H3,(H,29,32,34)/b20-10+. The number of urea groups is 1. The molecule has 1 fully saturated rings. The summed E-state index contributed by atoms with van der Waals surface area (Å²) in [5.74, 6) is -1.11. The van der Waals surface area contributed by atoms with E-state index in [0.29, 0.717) is 31.5 Å². The van der Waals surface area contributed by atoms with Gasteiger partial charge in [0.05, 0.1) is 19.6 Å². The Morgan fingerprint density at radius 2 is 1.70 bits per heavy atom. The van der Waals surface area contributed by atoms with Gasteiger partial charge in [-0.2, -0.15) is 0 Å². The first-order valence-corrected chi connectivity index (χ1v) is 12.5. The van der Waals surface area contributed by atoms with Gasteiger partial charge in [0, 0.05) is 12.1 Å². The molecule has 11 heteroatoms. The fraction of sp³-hybridized carbons (Fsp3) is 0.115. The number of imide groups is 2. The average Bonchev–Trinajstić information content (AvgIpc) is 2.83. The van der Waals surface area contributed by atoms with Gasteiger partial charge in [0.25, 0.3) is 17.5 Å². The monoisotopic (exact) mass is 627 g/mol. The Kier molecular flexibility index (Phi) is 7.55. The van der Waals surface area contributed by atoms with Crippen LogP contribution in [0.4, 0.5) is 16.2 Å². The van der Waals surface area contributed by atoms with E-state index in [0.717, 1.165) is 16.0 Å². The van der Waals surface area contributed by atoms with Gasteiger partial charge >= 0.3 is 6.03 Å². The second-order valence-electron chi connectivity index (χ2n) is 8.26. The fourth-order valence-electron chi connectivity index (χ4n) is 3.64. The Morgan fingerprint density at radius 1 is 1.00 bits per heavy atom. The largest absolute Gasteiger partial charge is 0.487 e. The summed E-state index contributed by atoms with van der Waals surface area (Å²) < 4.78 is 6.89. The number of ether oxygens (including phenoxy) is 1. The molecule has 0 spiro atoms. The molecule has 1 N–H and O–H groups in total. The maximum absolute atomic E-state index is 13.2. The van der Waals surface area contributed by atoms with E-state index < -0.39 is 22.8 Å². The summed E-state index contributed by atoms with van der Waals surface area (Å²) in [6, 6.07) is 13.8. The number of rotatable bonds is 6. The lowest BCUT2D eigenvalue weighted by molar-refractivity contribution is -0.384. The molecule has 0 radical (unpaired) electrons. The minimum absolute atomic E-state index is 0.0371. The molecule has 9 nitrogen and oxygen atoms in total. The lowest BCUT2D eigenvalue weighted by Crippen LogP contribution is -2.54. The molecule has 4 rings (SSSR count). The number of hydrogen-bond donors (Lipinski definition) is 1. The third kappa shape index (κ3) is 5.62. The molecule has 4 amide bonds. The number of nitrogens with one attached hydrogen (secondary N) is 1. The summed E-state index contributed by atoms with van der Waals surface area (Å²) in [5, 5.41) is 13.2. The van der Waals surface area contributed by atoms with Gasteiger partial charge in [0.2, 0.25) is 0 Å². The van der Waals surface area contributed by atoms with E-state index in [9.17, 15) is 24.5 Å². The minimum atomic E-state index is -0.817. The number of amides is 4. The number of nitro benzene ring substituents is 1. The number of nitrogens with zero attached hydrogens (tertiary/aromatic N) is 2. The number of carbonyl (C=O) groups excluding carboxylic acids is 3. The summed E-state index contributed by atoms with van der Waals surface area (Å²) in [7, 11) is 0. The Labute approximate surface area is 228 Å². The fourth-order valence-corrected chi connectivity index (χ4v) is 5.09. The molecule has 1 aliphatic heterocycles. The lowest BCUT2D eigenvalue weighted by atomic mass is 10.0. The van der Waals surface area contributed by atoms with Crippen LogP contribution in [-0.2, 0) is 16.2 Å². The number of barbiturate groups is 1. The van der Waals surface area contributed by atoms with Gasteiger partial charge in [-0.05, 0) is 98.3 Å². The van der Waals surface area contributed by atoms with Crippen LogP contribution in [0.25, 0.3) is 6.08 Å². The molecule has 1 heterocycles. The quantitative estimate of drug-likeness (QED) is 0.155. The molecule has 0 saturated carbocycles. The molecule has 0 aromatic heterocycles. The van der Waals surface area contributed by atoms with Crippen molar-refractivity contribution in [3.8, 4) is 5.75 Å². The molecule has 0 bridgehead atoms. The van der Waals surface area contributed by atoms with Crippen molar-refractivity contribution in [3.05, 3.63) is 101 Å². The number of hydrogen-bond acceptors (Lipinski definition) is 6. The molecule has 0 unspecified atom stereocenters. The van der Waals surface area contributed by atoms with E-state index in [1.807, 2.05) is 13.8 Å². The number of anilines is 1. The highest BCUT2D eigenvalue weighted by molar-refractivity contribution is 9.11. The van der Waals surface area contributed by atoms with Crippen molar-refractivity contribution in [2.75, 3.05) is 4.90 Å². The van der Waals surface area contributed by atoms with Crippen LogP contribution in [0.1, 0.15) is 22.3 Å². The van der Waals surface area contributed by atoms with Gasteiger partial charge in [-0.15, -0.1) is 0 Å². The zero-order valence-electron chi connectivity index (χ0n) is 19.6. The predicted octanol–water partition coefficient (Wildman–Crippen LogP) is 5.98. The van der Waals surface area contributed by atoms with Crippen molar-refractivity contribution < 1.29 is 24.0 Å². The zero-order valence-corrected chi connectivity index (χ0v) is 22.8. The molecule has 3 aromatic rings. The molecule has 3 aromatic carbocycles. The molecular weight excluding hydrogens is 610 g/mol. The van der Waals surface area contributed by atoms with Crippen molar-refractivity contribution in [1.82, 2.24) is 5.32 Å². The van der Waals surface area contributed by atoms with Gasteiger partial charge in [0.1, 0.15) is 17.9 Å². The van der Waals surface area contributed by atoms with E-state index in [2.05, 4.69) is 37.2 Å². The molecule has 0 aliphatic carbocycles. The van der Waals surface area contributed by atoms with Gasteiger partial charge < -0.3 is 4.74 Å². The van der Waals surface area contributed by atoms with Gasteiger partial charge in [-0.3, -0.25) is 25.0 Å². The van der Waals surface area contributed by atoms with Crippen LogP contribution in [0.2, 0.25) is 0 Å². The van der Waals surface area contributed by atoms with E-state index in [1.54, 1.807) is 42.5 Å². The van der Waals surface area contributed by atoms with Gasteiger partial charge in [-0.1, -0.05) is 18.2 Å². The van der Waals surface area contributed by atoms with Crippen molar-refractivity contribution in [1.29, 1.82) is 0 Å². The minimum Gasteiger partial charge on any atom is -0.487 e. The smallest absolute Gasteiger partial charge is 0.335 e. The number of non-ortho nitro benzene ring substituents is 1. The second-order valence-corrected chi connectivity index (χ2v) is 9.96. The van der Waals surface area contributed by atoms with E-state index in [1.165, 1.54) is 18.2 Å². The van der Waals surface area contributed by atoms with Crippen molar-refractivity contribution in [3.63, 3.8) is 0 Å². The number of benzene rings is 3. The van der Waals surface area contributed by atoms with Crippen molar-refractivity contribution in [2.24, 2.45) is 0 Å². The van der Waals surface area contributed by atoms with Crippen LogP contribution in [0.3, 0.4) is 0 Å². The summed E-state index contributed by atoms with van der Waals surface area (Å²) in [4.78, 5) is 49.7. The Hall–Kier alpha value is -3.83. The van der Waals surface area contributed by atoms with Crippen LogP contribution in [0, 0.1) is 24.0 Å². The Balaban J connectivity index is 1.60. The number of nitro groups is 1. The first-order valence-electron chi connectivity index (χ1n) is 10.9. The van der Waals surface area contributed by atoms with Gasteiger partial charge in [-0.25, -0.2) is 9.69 Å². The molecule has 1 saturated heterocycles.